The lowest BCUT2D eigenvalue weighted by atomic mass is 9.66. The zero-order chi connectivity index (χ0) is 31.1. The molecule has 1 saturated heterocycles. The Labute approximate surface area is 265 Å². The van der Waals surface area contributed by atoms with Gasteiger partial charge in [0.05, 0.1) is 20.3 Å². The van der Waals surface area contributed by atoms with Crippen LogP contribution in [0.3, 0.4) is 0 Å². The number of hydrogen-bond acceptors (Lipinski definition) is 4. The molecule has 0 bridgehead atoms. The third-order valence-electron chi connectivity index (χ3n) is 8.80. The topological polar surface area (TPSA) is 67.9 Å². The standard InChI is InChI=1S/C35H42Cl2N2O4/c1-6-28(7-2)39-33(23-11-14-26(36)15-12-23)30(24-9-8-10-27(37)19-24)21-35(3,34(39)41)18-17-32(40)38-22-25-13-16-29(42-4)20-31(25)43-5/h8-16,19-20,28,30,33H,6-7,17-18,21-22H2,1-5H3,(H,38,40)/t30-,33-,35+/m1/s1. The zero-order valence-corrected chi connectivity index (χ0v) is 27.2. The van der Waals surface area contributed by atoms with Gasteiger partial charge in [-0.25, -0.2) is 0 Å². The predicted octanol–water partition coefficient (Wildman–Crippen LogP) is 8.36. The first-order valence-electron chi connectivity index (χ1n) is 14.9. The second-order valence-corrected chi connectivity index (χ2v) is 12.4. The van der Waals surface area contributed by atoms with Crippen molar-refractivity contribution in [1.29, 1.82) is 0 Å². The molecule has 1 aliphatic heterocycles. The van der Waals surface area contributed by atoms with E-state index in [9.17, 15) is 9.59 Å². The van der Waals surface area contributed by atoms with Crippen molar-refractivity contribution in [1.82, 2.24) is 10.2 Å². The van der Waals surface area contributed by atoms with Crippen LogP contribution in [0, 0.1) is 5.41 Å². The van der Waals surface area contributed by atoms with Crippen molar-refractivity contribution < 1.29 is 19.1 Å². The second kappa shape index (κ2) is 14.5. The van der Waals surface area contributed by atoms with E-state index in [0.29, 0.717) is 40.9 Å². The first kappa shape index (κ1) is 32.7. The molecule has 3 aromatic carbocycles. The Kier molecular flexibility index (Phi) is 11.0. The fourth-order valence-electron chi connectivity index (χ4n) is 6.36. The molecule has 1 aliphatic rings. The van der Waals surface area contributed by atoms with E-state index in [2.05, 4.69) is 30.1 Å². The molecule has 3 atom stereocenters. The van der Waals surface area contributed by atoms with E-state index in [-0.39, 0.29) is 36.2 Å². The third-order valence-corrected chi connectivity index (χ3v) is 9.29. The first-order chi connectivity index (χ1) is 20.6. The number of ether oxygens (including phenoxy) is 2. The van der Waals surface area contributed by atoms with Crippen molar-refractivity contribution in [3.63, 3.8) is 0 Å². The van der Waals surface area contributed by atoms with Gasteiger partial charge in [-0.3, -0.25) is 9.59 Å². The van der Waals surface area contributed by atoms with E-state index in [1.165, 1.54) is 0 Å². The second-order valence-electron chi connectivity index (χ2n) is 11.6. The van der Waals surface area contributed by atoms with Gasteiger partial charge in [0.1, 0.15) is 11.5 Å². The largest absolute Gasteiger partial charge is 0.497 e. The Morgan fingerprint density at radius 3 is 2.33 bits per heavy atom. The molecule has 230 valence electrons. The molecule has 8 heteroatoms. The molecule has 2 amide bonds. The summed E-state index contributed by atoms with van der Waals surface area (Å²) < 4.78 is 10.8. The molecule has 4 rings (SSSR count). The Morgan fingerprint density at radius 2 is 1.70 bits per heavy atom. The predicted molar refractivity (Wildman–Crippen MR) is 173 cm³/mol. The molecule has 1 N–H and O–H groups in total. The van der Waals surface area contributed by atoms with E-state index < -0.39 is 5.41 Å². The Balaban J connectivity index is 1.62. The lowest BCUT2D eigenvalue weighted by Crippen LogP contribution is -2.55. The molecule has 0 aliphatic carbocycles. The van der Waals surface area contributed by atoms with Gasteiger partial charge in [-0.2, -0.15) is 0 Å². The van der Waals surface area contributed by atoms with Crippen LogP contribution in [0.25, 0.3) is 0 Å². The number of nitrogens with zero attached hydrogens (tertiary/aromatic N) is 1. The number of carbonyl (C=O) groups excluding carboxylic acids is 2. The average molecular weight is 626 g/mol. The number of benzene rings is 3. The van der Waals surface area contributed by atoms with Crippen LogP contribution in [0.5, 0.6) is 11.5 Å². The fourth-order valence-corrected chi connectivity index (χ4v) is 6.68. The molecule has 43 heavy (non-hydrogen) atoms. The van der Waals surface area contributed by atoms with Crippen molar-refractivity contribution in [3.8, 4) is 11.5 Å². The van der Waals surface area contributed by atoms with Gasteiger partial charge >= 0.3 is 0 Å². The summed E-state index contributed by atoms with van der Waals surface area (Å²) in [6.07, 6.45) is 2.91. The van der Waals surface area contributed by atoms with Gasteiger partial charge in [0, 0.05) is 52.0 Å². The maximum absolute atomic E-state index is 14.6. The molecule has 0 saturated carbocycles. The van der Waals surface area contributed by atoms with Crippen molar-refractivity contribution in [2.75, 3.05) is 14.2 Å². The van der Waals surface area contributed by atoms with Crippen molar-refractivity contribution in [3.05, 3.63) is 93.5 Å². The monoisotopic (exact) mass is 624 g/mol. The molecule has 0 aromatic heterocycles. The van der Waals surface area contributed by atoms with Gasteiger partial charge in [-0.15, -0.1) is 0 Å². The minimum atomic E-state index is -0.742. The highest BCUT2D eigenvalue weighted by atomic mass is 35.5. The summed E-state index contributed by atoms with van der Waals surface area (Å²) in [6, 6.07) is 21.1. The molecule has 1 heterocycles. The summed E-state index contributed by atoms with van der Waals surface area (Å²) in [5.74, 6) is 1.29. The van der Waals surface area contributed by atoms with E-state index in [1.807, 2.05) is 61.5 Å². The lowest BCUT2D eigenvalue weighted by Gasteiger charge is -2.52. The van der Waals surface area contributed by atoms with Crippen molar-refractivity contribution in [2.24, 2.45) is 5.41 Å². The third kappa shape index (κ3) is 7.47. The normalized spacial score (nSPS) is 20.3. The zero-order valence-electron chi connectivity index (χ0n) is 25.7. The van der Waals surface area contributed by atoms with Crippen LogP contribution in [-0.4, -0.2) is 37.0 Å². The van der Waals surface area contributed by atoms with Crippen LogP contribution >= 0.6 is 23.2 Å². The molecular weight excluding hydrogens is 583 g/mol. The van der Waals surface area contributed by atoms with Crippen LogP contribution in [0.2, 0.25) is 10.0 Å². The number of rotatable bonds is 12. The highest BCUT2D eigenvalue weighted by molar-refractivity contribution is 6.30. The molecular formula is C35H42Cl2N2O4. The maximum atomic E-state index is 14.6. The van der Waals surface area contributed by atoms with Gasteiger partial charge in [0.2, 0.25) is 11.8 Å². The van der Waals surface area contributed by atoms with Crippen LogP contribution in [0.1, 0.15) is 81.5 Å². The number of amides is 2. The van der Waals surface area contributed by atoms with Gasteiger partial charge in [0.25, 0.3) is 0 Å². The van der Waals surface area contributed by atoms with Crippen LogP contribution < -0.4 is 14.8 Å². The highest BCUT2D eigenvalue weighted by Crippen LogP contribution is 2.52. The van der Waals surface area contributed by atoms with Crippen LogP contribution in [-0.2, 0) is 16.1 Å². The molecule has 0 spiro atoms. The maximum Gasteiger partial charge on any atom is 0.229 e. The average Bonchev–Trinajstić information content (AvgIpc) is 3.02. The van der Waals surface area contributed by atoms with Crippen molar-refractivity contribution >= 4 is 35.0 Å². The summed E-state index contributed by atoms with van der Waals surface area (Å²) in [5, 5.41) is 4.33. The summed E-state index contributed by atoms with van der Waals surface area (Å²) in [4.78, 5) is 29.8. The number of likely N-dealkylation sites (tertiary alicyclic amines) is 1. The van der Waals surface area contributed by atoms with E-state index in [0.717, 1.165) is 29.5 Å². The van der Waals surface area contributed by atoms with Gasteiger partial charge in [-0.1, -0.05) is 68.2 Å². The molecule has 0 radical (unpaired) electrons. The Morgan fingerprint density at radius 1 is 0.977 bits per heavy atom. The van der Waals surface area contributed by atoms with E-state index in [4.69, 9.17) is 32.7 Å². The summed E-state index contributed by atoms with van der Waals surface area (Å²) >= 11 is 12.8. The molecule has 3 aromatic rings. The summed E-state index contributed by atoms with van der Waals surface area (Å²) in [7, 11) is 3.19. The smallest absolute Gasteiger partial charge is 0.229 e. The minimum absolute atomic E-state index is 0.0187. The number of piperidine rings is 1. The van der Waals surface area contributed by atoms with Gasteiger partial charge in [-0.05, 0) is 73.2 Å². The fraction of sp³-hybridized carbons (Fsp3) is 0.429. The minimum Gasteiger partial charge on any atom is -0.497 e. The summed E-state index contributed by atoms with van der Waals surface area (Å²) in [5.41, 5.74) is 2.23. The van der Waals surface area contributed by atoms with Crippen molar-refractivity contribution in [2.45, 2.75) is 77.4 Å². The number of carbonyl (C=O) groups is 2. The summed E-state index contributed by atoms with van der Waals surface area (Å²) in [6.45, 7) is 6.59. The first-order valence-corrected chi connectivity index (χ1v) is 15.7. The molecule has 6 nitrogen and oxygen atoms in total. The Hall–Kier alpha value is -3.22. The van der Waals surface area contributed by atoms with Crippen LogP contribution in [0.4, 0.5) is 0 Å². The highest BCUT2D eigenvalue weighted by Gasteiger charge is 2.51. The quantitative estimate of drug-likeness (QED) is 0.220. The Bertz CT molecular complexity index is 1410. The van der Waals surface area contributed by atoms with Gasteiger partial charge in [0.15, 0.2) is 0 Å². The number of halogens is 2. The number of nitrogens with one attached hydrogen (secondary N) is 1. The van der Waals surface area contributed by atoms with Gasteiger partial charge < -0.3 is 19.7 Å². The molecule has 1 fully saturated rings. The number of methoxy groups -OCH3 is 2. The SMILES string of the molecule is CCC(CC)N1C(=O)[C@@](C)(CCC(=O)NCc2ccc(OC)cc2OC)C[C@H](c2cccc(Cl)c2)[C@H]1c1ccc(Cl)cc1. The lowest BCUT2D eigenvalue weighted by molar-refractivity contribution is -0.155. The van der Waals surface area contributed by atoms with E-state index in [1.54, 1.807) is 20.3 Å². The molecule has 0 unspecified atom stereocenters. The van der Waals surface area contributed by atoms with E-state index >= 15 is 0 Å². The van der Waals surface area contributed by atoms with Crippen LogP contribution in [0.15, 0.2) is 66.7 Å². The number of hydrogen-bond donors (Lipinski definition) is 1.